The first-order valence-corrected chi connectivity index (χ1v) is 12.3. The third-order valence-electron chi connectivity index (χ3n) is 8.35. The van der Waals surface area contributed by atoms with E-state index in [0.717, 1.165) is 50.6 Å². The fraction of sp³-hybridized carbons (Fsp3) is 0.917. The van der Waals surface area contributed by atoms with Crippen LogP contribution < -0.4 is 10.6 Å². The molecule has 4 nitrogen and oxygen atoms in total. The molecule has 0 aliphatic heterocycles. The Labute approximate surface area is 171 Å². The van der Waals surface area contributed by atoms with Gasteiger partial charge in [0.2, 0.25) is 11.8 Å². The number of hydrogen-bond donors (Lipinski definition) is 2. The highest BCUT2D eigenvalue weighted by atomic mass is 16.2. The maximum atomic E-state index is 12.3. The van der Waals surface area contributed by atoms with Crippen LogP contribution in [0.1, 0.15) is 89.9 Å². The minimum absolute atomic E-state index is 0.327. The van der Waals surface area contributed by atoms with Crippen molar-refractivity contribution in [2.24, 2.45) is 35.5 Å². The van der Waals surface area contributed by atoms with Crippen molar-refractivity contribution in [3.63, 3.8) is 0 Å². The molecule has 0 radical (unpaired) electrons. The zero-order valence-corrected chi connectivity index (χ0v) is 17.6. The van der Waals surface area contributed by atoms with Crippen molar-refractivity contribution in [2.45, 2.75) is 89.9 Å². The van der Waals surface area contributed by atoms with Crippen molar-refractivity contribution in [1.82, 2.24) is 10.6 Å². The number of amides is 2. The third-order valence-corrected chi connectivity index (χ3v) is 8.35. The molecule has 28 heavy (non-hydrogen) atoms. The van der Waals surface area contributed by atoms with Gasteiger partial charge >= 0.3 is 0 Å². The summed E-state index contributed by atoms with van der Waals surface area (Å²) in [4.78, 5) is 24.6. The maximum Gasteiger partial charge on any atom is 0.223 e. The normalized spacial score (nSPS) is 35.4. The Morgan fingerprint density at radius 1 is 0.571 bits per heavy atom. The van der Waals surface area contributed by atoms with Crippen molar-refractivity contribution in [2.75, 3.05) is 13.1 Å². The third kappa shape index (κ3) is 4.91. The Balaban J connectivity index is 0.946. The Hall–Kier alpha value is -1.06. The summed E-state index contributed by atoms with van der Waals surface area (Å²) in [6.45, 7) is 1.71. The van der Waals surface area contributed by atoms with Gasteiger partial charge < -0.3 is 10.6 Å². The van der Waals surface area contributed by atoms with Gasteiger partial charge in [0, 0.05) is 24.9 Å². The standard InChI is InChI=1S/C24H40N2O2/c27-23(21-15-17-7-9-19(21)13-17)25-11-5-3-1-2-4-6-12-26-24(28)22-16-18-8-10-20(22)14-18/h17-22H,1-16H2,(H,25,27)(H,26,28). The summed E-state index contributed by atoms with van der Waals surface area (Å²) in [6, 6.07) is 0. The van der Waals surface area contributed by atoms with E-state index in [9.17, 15) is 9.59 Å². The van der Waals surface area contributed by atoms with Gasteiger partial charge in [-0.3, -0.25) is 9.59 Å². The molecule has 4 fully saturated rings. The number of carbonyl (C=O) groups is 2. The lowest BCUT2D eigenvalue weighted by Crippen LogP contribution is -2.34. The molecule has 0 aromatic carbocycles. The second-order valence-electron chi connectivity index (χ2n) is 10.3. The van der Waals surface area contributed by atoms with Crippen LogP contribution in [0.2, 0.25) is 0 Å². The number of carbonyl (C=O) groups excluding carboxylic acids is 2. The fourth-order valence-electron chi connectivity index (χ4n) is 6.77. The van der Waals surface area contributed by atoms with E-state index in [1.54, 1.807) is 0 Å². The lowest BCUT2D eigenvalue weighted by molar-refractivity contribution is -0.127. The molecule has 4 saturated carbocycles. The van der Waals surface area contributed by atoms with Crippen LogP contribution in [-0.4, -0.2) is 24.9 Å². The van der Waals surface area contributed by atoms with Gasteiger partial charge in [-0.1, -0.05) is 38.5 Å². The molecule has 0 saturated heterocycles. The van der Waals surface area contributed by atoms with E-state index in [-0.39, 0.29) is 0 Å². The van der Waals surface area contributed by atoms with E-state index in [0.29, 0.717) is 35.5 Å². The van der Waals surface area contributed by atoms with Gasteiger partial charge in [0.1, 0.15) is 0 Å². The monoisotopic (exact) mass is 388 g/mol. The first-order valence-electron chi connectivity index (χ1n) is 12.3. The summed E-state index contributed by atoms with van der Waals surface area (Å²) in [5.74, 6) is 4.39. The lowest BCUT2D eigenvalue weighted by atomic mass is 9.88. The Morgan fingerprint density at radius 3 is 1.36 bits per heavy atom. The largest absolute Gasteiger partial charge is 0.356 e. The van der Waals surface area contributed by atoms with Crippen molar-refractivity contribution in [1.29, 1.82) is 0 Å². The maximum absolute atomic E-state index is 12.3. The quantitative estimate of drug-likeness (QED) is 0.514. The van der Waals surface area contributed by atoms with Crippen LogP contribution in [0.25, 0.3) is 0 Å². The number of nitrogens with one attached hydrogen (secondary N) is 2. The Morgan fingerprint density at radius 2 is 1.00 bits per heavy atom. The van der Waals surface area contributed by atoms with Gasteiger partial charge in [-0.25, -0.2) is 0 Å². The molecular weight excluding hydrogens is 348 g/mol. The molecule has 4 aliphatic rings. The van der Waals surface area contributed by atoms with Crippen molar-refractivity contribution >= 4 is 11.8 Å². The molecule has 6 atom stereocenters. The van der Waals surface area contributed by atoms with E-state index >= 15 is 0 Å². The molecule has 0 aromatic heterocycles. The summed E-state index contributed by atoms with van der Waals surface area (Å²) in [5.41, 5.74) is 0. The average molecular weight is 389 g/mol. The minimum Gasteiger partial charge on any atom is -0.356 e. The second-order valence-corrected chi connectivity index (χ2v) is 10.3. The zero-order valence-electron chi connectivity index (χ0n) is 17.6. The van der Waals surface area contributed by atoms with E-state index in [1.807, 2.05) is 0 Å². The second kappa shape index (κ2) is 9.63. The van der Waals surface area contributed by atoms with Crippen LogP contribution in [0, 0.1) is 35.5 Å². The Bertz CT molecular complexity index is 501. The highest BCUT2D eigenvalue weighted by Crippen LogP contribution is 2.49. The molecule has 4 bridgehead atoms. The van der Waals surface area contributed by atoms with Crippen LogP contribution in [0.15, 0.2) is 0 Å². The topological polar surface area (TPSA) is 58.2 Å². The molecule has 6 unspecified atom stereocenters. The summed E-state index contributed by atoms with van der Waals surface area (Å²) in [7, 11) is 0. The number of rotatable bonds is 11. The summed E-state index contributed by atoms with van der Waals surface area (Å²) < 4.78 is 0. The first kappa shape index (κ1) is 20.2. The molecule has 0 heterocycles. The van der Waals surface area contributed by atoms with Crippen LogP contribution >= 0.6 is 0 Å². The molecular formula is C24H40N2O2. The molecule has 0 spiro atoms. The predicted octanol–water partition coefficient (Wildman–Crippen LogP) is 4.43. The van der Waals surface area contributed by atoms with Crippen LogP contribution in [-0.2, 0) is 9.59 Å². The van der Waals surface area contributed by atoms with Gasteiger partial charge in [-0.2, -0.15) is 0 Å². The summed E-state index contributed by atoms with van der Waals surface area (Å²) >= 11 is 0. The van der Waals surface area contributed by atoms with Gasteiger partial charge in [-0.05, 0) is 75.0 Å². The van der Waals surface area contributed by atoms with E-state index < -0.39 is 0 Å². The molecule has 4 aliphatic carbocycles. The summed E-state index contributed by atoms with van der Waals surface area (Å²) in [6.07, 6.45) is 17.3. The number of hydrogen-bond acceptors (Lipinski definition) is 2. The van der Waals surface area contributed by atoms with Crippen molar-refractivity contribution in [3.8, 4) is 0 Å². The van der Waals surface area contributed by atoms with E-state index in [2.05, 4.69) is 10.6 Å². The SMILES string of the molecule is O=C(NCCCCCCCCNC(=O)C1CC2CCC1C2)C1CC2CCC1C2. The molecule has 0 aromatic rings. The average Bonchev–Trinajstić information content (AvgIpc) is 3.49. The lowest BCUT2D eigenvalue weighted by Gasteiger charge is -2.20. The van der Waals surface area contributed by atoms with Crippen LogP contribution in [0.4, 0.5) is 0 Å². The van der Waals surface area contributed by atoms with Crippen LogP contribution in [0.5, 0.6) is 0 Å². The van der Waals surface area contributed by atoms with E-state index in [4.69, 9.17) is 0 Å². The number of unbranched alkanes of at least 4 members (excludes halogenated alkanes) is 5. The predicted molar refractivity (Wildman–Crippen MR) is 112 cm³/mol. The van der Waals surface area contributed by atoms with Gasteiger partial charge in [0.05, 0.1) is 0 Å². The van der Waals surface area contributed by atoms with Crippen molar-refractivity contribution < 1.29 is 9.59 Å². The van der Waals surface area contributed by atoms with Crippen LogP contribution in [0.3, 0.4) is 0 Å². The Kier molecular flexibility index (Phi) is 6.95. The van der Waals surface area contributed by atoms with Crippen molar-refractivity contribution in [3.05, 3.63) is 0 Å². The highest BCUT2D eigenvalue weighted by molar-refractivity contribution is 5.79. The first-order chi connectivity index (χ1) is 13.7. The molecule has 4 heteroatoms. The minimum atomic E-state index is 0.327. The smallest absolute Gasteiger partial charge is 0.223 e. The number of fused-ring (bicyclic) bond motifs is 4. The molecule has 2 N–H and O–H groups in total. The molecule has 2 amide bonds. The zero-order chi connectivity index (χ0) is 19.3. The van der Waals surface area contributed by atoms with Gasteiger partial charge in [0.25, 0.3) is 0 Å². The van der Waals surface area contributed by atoms with Gasteiger partial charge in [-0.15, -0.1) is 0 Å². The van der Waals surface area contributed by atoms with Gasteiger partial charge in [0.15, 0.2) is 0 Å². The molecule has 158 valence electrons. The van der Waals surface area contributed by atoms with E-state index in [1.165, 1.54) is 64.2 Å². The summed E-state index contributed by atoms with van der Waals surface area (Å²) in [5, 5.41) is 6.37. The fourth-order valence-corrected chi connectivity index (χ4v) is 6.77. The highest BCUT2D eigenvalue weighted by Gasteiger charge is 2.43. The molecule has 4 rings (SSSR count).